The highest BCUT2D eigenvalue weighted by molar-refractivity contribution is 5.72. The van der Waals surface area contributed by atoms with Gasteiger partial charge < -0.3 is 4.57 Å². The minimum absolute atomic E-state index is 0.320. The minimum atomic E-state index is -0.353. The third-order valence-electron chi connectivity index (χ3n) is 5.23. The maximum absolute atomic E-state index is 13.2. The van der Waals surface area contributed by atoms with Gasteiger partial charge in [0.2, 0.25) is 5.95 Å². The molecule has 0 atom stereocenters. The van der Waals surface area contributed by atoms with E-state index in [2.05, 4.69) is 10.1 Å². The molecule has 29 heavy (non-hydrogen) atoms. The molecule has 0 bridgehead atoms. The maximum Gasteiger partial charge on any atom is 0.332 e. The van der Waals surface area contributed by atoms with E-state index < -0.39 is 0 Å². The van der Waals surface area contributed by atoms with Crippen LogP contribution in [0, 0.1) is 13.8 Å². The summed E-state index contributed by atoms with van der Waals surface area (Å²) in [6.45, 7) is 4.19. The molecule has 0 aliphatic rings. The van der Waals surface area contributed by atoms with Gasteiger partial charge in [-0.05, 0) is 38.3 Å². The fourth-order valence-electron chi connectivity index (χ4n) is 3.74. The molecule has 1 aromatic carbocycles. The average molecular weight is 392 g/mol. The Bertz CT molecular complexity index is 1310. The van der Waals surface area contributed by atoms with E-state index in [0.29, 0.717) is 30.1 Å². The van der Waals surface area contributed by atoms with Crippen molar-refractivity contribution >= 4 is 11.2 Å². The third-order valence-corrected chi connectivity index (χ3v) is 5.23. The van der Waals surface area contributed by atoms with E-state index in [1.807, 2.05) is 50.2 Å². The van der Waals surface area contributed by atoms with Gasteiger partial charge in [0.05, 0.1) is 5.69 Å². The lowest BCUT2D eigenvalue weighted by molar-refractivity contribution is 0.571. The first kappa shape index (κ1) is 18.9. The van der Waals surface area contributed by atoms with Gasteiger partial charge in [-0.1, -0.05) is 30.3 Å². The highest BCUT2D eigenvalue weighted by Gasteiger charge is 2.20. The van der Waals surface area contributed by atoms with Crippen LogP contribution in [0.25, 0.3) is 17.1 Å². The molecule has 0 fully saturated rings. The predicted octanol–water partition coefficient (Wildman–Crippen LogP) is 1.87. The quantitative estimate of drug-likeness (QED) is 0.519. The van der Waals surface area contributed by atoms with Gasteiger partial charge in [-0.25, -0.2) is 9.48 Å². The summed E-state index contributed by atoms with van der Waals surface area (Å²) in [5.74, 6) is 0.514. The summed E-state index contributed by atoms with van der Waals surface area (Å²) >= 11 is 0. The summed E-state index contributed by atoms with van der Waals surface area (Å²) in [5.41, 5.74) is 3.05. The lowest BCUT2D eigenvalue weighted by Gasteiger charge is -2.09. The predicted molar refractivity (Wildman–Crippen MR) is 112 cm³/mol. The second-order valence-corrected chi connectivity index (χ2v) is 7.37. The molecule has 0 aliphatic carbocycles. The Morgan fingerprint density at radius 3 is 2.38 bits per heavy atom. The summed E-state index contributed by atoms with van der Waals surface area (Å²) in [6.07, 6.45) is 1.50. The van der Waals surface area contributed by atoms with Crippen LogP contribution in [-0.4, -0.2) is 28.5 Å². The molecule has 8 nitrogen and oxygen atoms in total. The van der Waals surface area contributed by atoms with Gasteiger partial charge in [-0.2, -0.15) is 10.1 Å². The van der Waals surface area contributed by atoms with Crippen molar-refractivity contribution in [3.63, 3.8) is 0 Å². The van der Waals surface area contributed by atoms with E-state index in [1.54, 1.807) is 23.3 Å². The van der Waals surface area contributed by atoms with E-state index in [9.17, 15) is 9.59 Å². The summed E-state index contributed by atoms with van der Waals surface area (Å²) in [6, 6.07) is 12.0. The molecule has 8 heteroatoms. The van der Waals surface area contributed by atoms with Crippen LogP contribution in [-0.2, 0) is 27.1 Å². The Balaban J connectivity index is 1.77. The summed E-state index contributed by atoms with van der Waals surface area (Å²) < 4.78 is 6.15. The number of nitrogens with zero attached hydrogens (tertiary/aromatic N) is 6. The largest absolute Gasteiger partial charge is 0.332 e. The number of hydrogen-bond acceptors (Lipinski definition) is 4. The van der Waals surface area contributed by atoms with Crippen LogP contribution in [0.3, 0.4) is 0 Å². The fourth-order valence-corrected chi connectivity index (χ4v) is 3.74. The number of imidazole rings is 1. The van der Waals surface area contributed by atoms with Gasteiger partial charge in [0.15, 0.2) is 11.2 Å². The van der Waals surface area contributed by atoms with E-state index in [4.69, 9.17) is 0 Å². The SMILES string of the molecule is Cc1cc(C)n(-c2nc3c(c(=O)n(CCCc4ccccc4)c(=O)n3C)n2C)n1. The molecular weight excluding hydrogens is 368 g/mol. The lowest BCUT2D eigenvalue weighted by atomic mass is 10.1. The Hall–Kier alpha value is -3.42. The molecule has 4 aromatic rings. The zero-order chi connectivity index (χ0) is 20.7. The molecule has 0 spiro atoms. The van der Waals surface area contributed by atoms with Crippen LogP contribution < -0.4 is 11.2 Å². The number of aryl methyl sites for hydroxylation is 5. The van der Waals surface area contributed by atoms with Crippen molar-refractivity contribution in [2.45, 2.75) is 33.2 Å². The van der Waals surface area contributed by atoms with Gasteiger partial charge in [-0.15, -0.1) is 0 Å². The molecule has 0 unspecified atom stereocenters. The van der Waals surface area contributed by atoms with Gasteiger partial charge in [0.1, 0.15) is 0 Å². The van der Waals surface area contributed by atoms with Crippen molar-refractivity contribution in [3.05, 3.63) is 74.2 Å². The van der Waals surface area contributed by atoms with Gasteiger partial charge in [0, 0.05) is 26.3 Å². The van der Waals surface area contributed by atoms with Crippen LogP contribution in [0.2, 0.25) is 0 Å². The number of aromatic nitrogens is 6. The molecule has 0 aliphatic heterocycles. The fraction of sp³-hybridized carbons (Fsp3) is 0.333. The van der Waals surface area contributed by atoms with Crippen molar-refractivity contribution in [1.29, 1.82) is 0 Å². The molecule has 150 valence electrons. The summed E-state index contributed by atoms with van der Waals surface area (Å²) in [7, 11) is 3.43. The van der Waals surface area contributed by atoms with E-state index in [-0.39, 0.29) is 11.2 Å². The molecule has 0 radical (unpaired) electrons. The van der Waals surface area contributed by atoms with Crippen molar-refractivity contribution in [2.75, 3.05) is 0 Å². The number of benzene rings is 1. The lowest BCUT2D eigenvalue weighted by Crippen LogP contribution is -2.39. The van der Waals surface area contributed by atoms with E-state index in [0.717, 1.165) is 17.8 Å². The zero-order valence-electron chi connectivity index (χ0n) is 17.1. The Morgan fingerprint density at radius 2 is 1.72 bits per heavy atom. The molecule has 4 rings (SSSR count). The van der Waals surface area contributed by atoms with Crippen LogP contribution in [0.15, 0.2) is 46.0 Å². The Kier molecular flexibility index (Phi) is 4.70. The van der Waals surface area contributed by atoms with Crippen molar-refractivity contribution in [2.24, 2.45) is 14.1 Å². The second kappa shape index (κ2) is 7.20. The highest BCUT2D eigenvalue weighted by atomic mass is 16.2. The maximum atomic E-state index is 13.2. The first-order valence-corrected chi connectivity index (χ1v) is 9.62. The van der Waals surface area contributed by atoms with Crippen molar-refractivity contribution in [3.8, 4) is 5.95 Å². The van der Waals surface area contributed by atoms with Crippen LogP contribution in [0.4, 0.5) is 0 Å². The van der Waals surface area contributed by atoms with E-state index in [1.165, 1.54) is 14.7 Å². The summed E-state index contributed by atoms with van der Waals surface area (Å²) in [5, 5.41) is 4.46. The van der Waals surface area contributed by atoms with Gasteiger partial charge in [-0.3, -0.25) is 13.9 Å². The van der Waals surface area contributed by atoms with Gasteiger partial charge in [0.25, 0.3) is 5.56 Å². The molecule has 3 heterocycles. The monoisotopic (exact) mass is 392 g/mol. The van der Waals surface area contributed by atoms with Crippen LogP contribution in [0.1, 0.15) is 23.4 Å². The normalized spacial score (nSPS) is 11.4. The highest BCUT2D eigenvalue weighted by Crippen LogP contribution is 2.15. The summed E-state index contributed by atoms with van der Waals surface area (Å²) in [4.78, 5) is 30.5. The number of rotatable bonds is 5. The molecule has 0 saturated heterocycles. The minimum Gasteiger partial charge on any atom is -0.306 e. The zero-order valence-corrected chi connectivity index (χ0v) is 17.1. The first-order chi connectivity index (χ1) is 13.9. The van der Waals surface area contributed by atoms with Crippen molar-refractivity contribution < 1.29 is 0 Å². The molecule has 3 aromatic heterocycles. The molecule has 0 saturated carbocycles. The molecule has 0 amide bonds. The first-order valence-electron chi connectivity index (χ1n) is 9.62. The topological polar surface area (TPSA) is 79.6 Å². The van der Waals surface area contributed by atoms with Crippen LogP contribution >= 0.6 is 0 Å². The van der Waals surface area contributed by atoms with E-state index >= 15 is 0 Å². The molecular formula is C21H24N6O2. The average Bonchev–Trinajstić information content (AvgIpc) is 3.22. The smallest absolute Gasteiger partial charge is 0.306 e. The van der Waals surface area contributed by atoms with Crippen LogP contribution in [0.5, 0.6) is 0 Å². The standard InChI is InChI=1S/C21H24N6O2/c1-14-13-15(2)27(23-14)20-22-18-17(24(20)3)19(28)26(21(29)25(18)4)12-8-11-16-9-6-5-7-10-16/h5-7,9-10,13H,8,11-12H2,1-4H3. The number of fused-ring (bicyclic) bond motifs is 1. The Morgan fingerprint density at radius 1 is 1.00 bits per heavy atom. The second-order valence-electron chi connectivity index (χ2n) is 7.37. The Labute approximate surface area is 167 Å². The third kappa shape index (κ3) is 3.20. The molecule has 0 N–H and O–H groups in total. The van der Waals surface area contributed by atoms with Gasteiger partial charge >= 0.3 is 5.69 Å². The van der Waals surface area contributed by atoms with Crippen molar-refractivity contribution in [1.82, 2.24) is 28.5 Å². The number of hydrogen-bond donors (Lipinski definition) is 0.